The lowest BCUT2D eigenvalue weighted by Crippen LogP contribution is -2.30. The maximum absolute atomic E-state index is 13.8. The van der Waals surface area contributed by atoms with E-state index in [9.17, 15) is 8.78 Å². The van der Waals surface area contributed by atoms with Crippen LogP contribution in [0.4, 0.5) is 8.78 Å². The van der Waals surface area contributed by atoms with Gasteiger partial charge in [-0.1, -0.05) is 28.1 Å². The van der Waals surface area contributed by atoms with Gasteiger partial charge in [0.2, 0.25) is 0 Å². The van der Waals surface area contributed by atoms with Crippen LogP contribution in [0.25, 0.3) is 0 Å². The van der Waals surface area contributed by atoms with Gasteiger partial charge in [0, 0.05) is 10.5 Å². The highest BCUT2D eigenvalue weighted by Gasteiger charge is 2.12. The van der Waals surface area contributed by atoms with E-state index in [1.807, 2.05) is 7.05 Å². The Labute approximate surface area is 126 Å². The quantitative estimate of drug-likeness (QED) is 0.864. The lowest BCUT2D eigenvalue weighted by atomic mass is 9.99. The average molecular weight is 340 g/mol. The summed E-state index contributed by atoms with van der Waals surface area (Å²) in [6.07, 6.45) is 1.31. The summed E-state index contributed by atoms with van der Waals surface area (Å²) in [7, 11) is 1.85. The van der Waals surface area contributed by atoms with Crippen LogP contribution < -0.4 is 5.32 Å². The van der Waals surface area contributed by atoms with Crippen LogP contribution in [0.5, 0.6) is 0 Å². The number of hydrogen-bond acceptors (Lipinski definition) is 1. The van der Waals surface area contributed by atoms with Gasteiger partial charge in [-0.3, -0.25) is 0 Å². The zero-order chi connectivity index (χ0) is 14.5. The number of benzene rings is 2. The highest BCUT2D eigenvalue weighted by Crippen LogP contribution is 2.18. The van der Waals surface area contributed by atoms with Crippen molar-refractivity contribution in [1.82, 2.24) is 5.32 Å². The number of halogens is 3. The molecule has 2 aromatic rings. The lowest BCUT2D eigenvalue weighted by Gasteiger charge is -2.17. The Kier molecular flexibility index (Phi) is 5.26. The second-order valence-electron chi connectivity index (χ2n) is 4.76. The number of hydrogen-bond donors (Lipinski definition) is 1. The Hall–Kier alpha value is -1.26. The second-order valence-corrected chi connectivity index (χ2v) is 5.67. The van der Waals surface area contributed by atoms with Gasteiger partial charge in [-0.2, -0.15) is 0 Å². The van der Waals surface area contributed by atoms with E-state index < -0.39 is 0 Å². The largest absolute Gasteiger partial charge is 0.316 e. The maximum Gasteiger partial charge on any atom is 0.126 e. The third-order valence-corrected chi connectivity index (χ3v) is 3.77. The Morgan fingerprint density at radius 3 is 2.40 bits per heavy atom. The van der Waals surface area contributed by atoms with Crippen molar-refractivity contribution in [1.29, 1.82) is 0 Å². The van der Waals surface area contributed by atoms with Crippen molar-refractivity contribution in [2.24, 2.45) is 0 Å². The van der Waals surface area contributed by atoms with Gasteiger partial charge in [0.25, 0.3) is 0 Å². The number of rotatable bonds is 5. The molecule has 2 aromatic carbocycles. The van der Waals surface area contributed by atoms with Crippen molar-refractivity contribution >= 4 is 15.9 Å². The zero-order valence-corrected chi connectivity index (χ0v) is 12.8. The summed E-state index contributed by atoms with van der Waals surface area (Å²) in [6.45, 7) is 0. The minimum absolute atomic E-state index is 0.101. The van der Waals surface area contributed by atoms with Crippen LogP contribution in [0.15, 0.2) is 46.9 Å². The standard InChI is InChI=1S/C16H16BrF2N/c1-20-15(8-11-2-5-14(18)6-3-11)10-12-9-13(17)4-7-16(12)19/h2-7,9,15,20H,8,10H2,1H3. The minimum Gasteiger partial charge on any atom is -0.316 e. The minimum atomic E-state index is -0.243. The molecule has 1 atom stereocenters. The Balaban J connectivity index is 2.08. The molecule has 0 fully saturated rings. The molecule has 106 valence electrons. The Bertz CT molecular complexity index is 569. The van der Waals surface area contributed by atoms with Crippen molar-refractivity contribution in [3.8, 4) is 0 Å². The van der Waals surface area contributed by atoms with Crippen LogP contribution in [0.3, 0.4) is 0 Å². The first-order valence-corrected chi connectivity index (χ1v) is 7.23. The molecular weight excluding hydrogens is 324 g/mol. The molecule has 0 radical (unpaired) electrons. The van der Waals surface area contributed by atoms with E-state index in [-0.39, 0.29) is 17.7 Å². The molecule has 1 unspecified atom stereocenters. The molecule has 1 nitrogen and oxygen atoms in total. The molecule has 20 heavy (non-hydrogen) atoms. The van der Waals surface area contributed by atoms with Gasteiger partial charge in [-0.25, -0.2) is 8.78 Å². The maximum atomic E-state index is 13.8. The second kappa shape index (κ2) is 6.95. The first kappa shape index (κ1) is 15.1. The summed E-state index contributed by atoms with van der Waals surface area (Å²) >= 11 is 3.35. The fourth-order valence-corrected chi connectivity index (χ4v) is 2.55. The Morgan fingerprint density at radius 2 is 1.75 bits per heavy atom. The SMILES string of the molecule is CNC(Cc1ccc(F)cc1)Cc1cc(Br)ccc1F. The van der Waals surface area contributed by atoms with Gasteiger partial charge in [0.05, 0.1) is 0 Å². The monoisotopic (exact) mass is 339 g/mol. The smallest absolute Gasteiger partial charge is 0.126 e. The molecule has 0 saturated carbocycles. The van der Waals surface area contributed by atoms with E-state index in [0.717, 1.165) is 16.5 Å². The van der Waals surface area contributed by atoms with Crippen LogP contribution in [0.1, 0.15) is 11.1 Å². The van der Waals surface area contributed by atoms with Gasteiger partial charge >= 0.3 is 0 Å². The van der Waals surface area contributed by atoms with E-state index >= 15 is 0 Å². The summed E-state index contributed by atoms with van der Waals surface area (Å²) < 4.78 is 27.5. The third kappa shape index (κ3) is 4.12. The summed E-state index contributed by atoms with van der Waals surface area (Å²) in [6, 6.07) is 11.5. The van der Waals surface area contributed by atoms with Crippen molar-refractivity contribution in [3.05, 3.63) is 69.7 Å². The average Bonchev–Trinajstić information content (AvgIpc) is 2.44. The predicted molar refractivity (Wildman–Crippen MR) is 80.8 cm³/mol. The zero-order valence-electron chi connectivity index (χ0n) is 11.2. The number of likely N-dealkylation sites (N-methyl/N-ethyl adjacent to an activating group) is 1. The molecule has 4 heteroatoms. The van der Waals surface area contributed by atoms with Gasteiger partial charge in [-0.15, -0.1) is 0 Å². The van der Waals surface area contributed by atoms with Crippen molar-refractivity contribution in [3.63, 3.8) is 0 Å². The molecule has 0 saturated heterocycles. The highest BCUT2D eigenvalue weighted by molar-refractivity contribution is 9.10. The van der Waals surface area contributed by atoms with Crippen LogP contribution in [0, 0.1) is 11.6 Å². The molecule has 0 bridgehead atoms. The normalized spacial score (nSPS) is 12.4. The van der Waals surface area contributed by atoms with Gasteiger partial charge in [0.1, 0.15) is 11.6 Å². The van der Waals surface area contributed by atoms with E-state index in [4.69, 9.17) is 0 Å². The highest BCUT2D eigenvalue weighted by atomic mass is 79.9. The van der Waals surface area contributed by atoms with Gasteiger partial charge in [-0.05, 0) is 61.3 Å². The summed E-state index contributed by atoms with van der Waals surface area (Å²) in [5, 5.41) is 3.18. The van der Waals surface area contributed by atoms with Crippen LogP contribution in [-0.2, 0) is 12.8 Å². The van der Waals surface area contributed by atoms with Crippen LogP contribution in [0.2, 0.25) is 0 Å². The van der Waals surface area contributed by atoms with Crippen molar-refractivity contribution < 1.29 is 8.78 Å². The van der Waals surface area contributed by atoms with E-state index in [0.29, 0.717) is 12.0 Å². The summed E-state index contributed by atoms with van der Waals surface area (Å²) in [5.41, 5.74) is 1.70. The molecule has 0 amide bonds. The molecule has 0 aliphatic heterocycles. The fraction of sp³-hybridized carbons (Fsp3) is 0.250. The van der Waals surface area contributed by atoms with Gasteiger partial charge in [0.15, 0.2) is 0 Å². The first-order chi connectivity index (χ1) is 9.58. The Morgan fingerprint density at radius 1 is 1.05 bits per heavy atom. The fourth-order valence-electron chi connectivity index (χ4n) is 2.15. The van der Waals surface area contributed by atoms with Crippen molar-refractivity contribution in [2.75, 3.05) is 7.05 Å². The molecule has 0 aromatic heterocycles. The topological polar surface area (TPSA) is 12.0 Å². The first-order valence-electron chi connectivity index (χ1n) is 6.44. The molecule has 0 aliphatic rings. The molecular formula is C16H16BrF2N. The van der Waals surface area contributed by atoms with Crippen LogP contribution in [-0.4, -0.2) is 13.1 Å². The lowest BCUT2D eigenvalue weighted by molar-refractivity contribution is 0.531. The van der Waals surface area contributed by atoms with Gasteiger partial charge < -0.3 is 5.32 Å². The van der Waals surface area contributed by atoms with Crippen LogP contribution >= 0.6 is 15.9 Å². The summed E-state index contributed by atoms with van der Waals surface area (Å²) in [4.78, 5) is 0. The molecule has 0 aliphatic carbocycles. The van der Waals surface area contributed by atoms with E-state index in [2.05, 4.69) is 21.2 Å². The predicted octanol–water partition coefficient (Wildman–Crippen LogP) is 4.10. The molecule has 2 rings (SSSR count). The molecule has 0 spiro atoms. The molecule has 0 heterocycles. The van der Waals surface area contributed by atoms with E-state index in [1.165, 1.54) is 18.2 Å². The summed E-state index contributed by atoms with van der Waals surface area (Å²) in [5.74, 6) is -0.444. The van der Waals surface area contributed by atoms with Crippen molar-refractivity contribution in [2.45, 2.75) is 18.9 Å². The molecule has 1 N–H and O–H groups in total. The van der Waals surface area contributed by atoms with E-state index in [1.54, 1.807) is 24.3 Å². The number of nitrogens with one attached hydrogen (secondary N) is 1. The third-order valence-electron chi connectivity index (χ3n) is 3.28.